The molecule has 0 spiro atoms. The van der Waals surface area contributed by atoms with E-state index in [2.05, 4.69) is 31.2 Å². The molecule has 0 saturated carbocycles. The van der Waals surface area contributed by atoms with Gasteiger partial charge in [0, 0.05) is 12.4 Å². The van der Waals surface area contributed by atoms with Crippen molar-refractivity contribution in [3.63, 3.8) is 0 Å². The molecule has 0 aliphatic heterocycles. The Kier molecular flexibility index (Phi) is 3.91. The normalized spacial score (nSPS) is 12.2. The minimum absolute atomic E-state index is 0.0544. The van der Waals surface area contributed by atoms with Crippen molar-refractivity contribution in [3.8, 4) is 0 Å². The quantitative estimate of drug-likeness (QED) is 0.935. The Hall–Kier alpha value is -1.49. The van der Waals surface area contributed by atoms with Gasteiger partial charge in [-0.05, 0) is 47.0 Å². The Labute approximate surface area is 114 Å². The molecular formula is C13H13BrFN3. The highest BCUT2D eigenvalue weighted by Crippen LogP contribution is 2.19. The second kappa shape index (κ2) is 5.44. The van der Waals surface area contributed by atoms with Crippen molar-refractivity contribution in [1.82, 2.24) is 9.97 Å². The van der Waals surface area contributed by atoms with E-state index in [0.717, 1.165) is 10.0 Å². The van der Waals surface area contributed by atoms with Crippen LogP contribution in [0.3, 0.4) is 0 Å². The van der Waals surface area contributed by atoms with Gasteiger partial charge in [0.15, 0.2) is 0 Å². The third-order valence-electron chi connectivity index (χ3n) is 2.66. The molecule has 94 valence electrons. The van der Waals surface area contributed by atoms with Crippen LogP contribution < -0.4 is 5.32 Å². The molecule has 2 rings (SSSR count). The van der Waals surface area contributed by atoms with Crippen LogP contribution in [-0.2, 0) is 0 Å². The van der Waals surface area contributed by atoms with Crippen molar-refractivity contribution in [2.24, 2.45) is 0 Å². The third-order valence-corrected chi connectivity index (χ3v) is 3.07. The van der Waals surface area contributed by atoms with Crippen LogP contribution >= 0.6 is 15.9 Å². The molecule has 0 radical (unpaired) electrons. The van der Waals surface area contributed by atoms with Gasteiger partial charge in [0.25, 0.3) is 0 Å². The average molecular weight is 310 g/mol. The highest BCUT2D eigenvalue weighted by Gasteiger charge is 2.08. The van der Waals surface area contributed by atoms with Crippen molar-refractivity contribution in [2.45, 2.75) is 19.9 Å². The van der Waals surface area contributed by atoms with Crippen LogP contribution in [0.1, 0.15) is 24.1 Å². The molecule has 1 heterocycles. The summed E-state index contributed by atoms with van der Waals surface area (Å²) in [6.45, 7) is 3.69. The van der Waals surface area contributed by atoms with Crippen molar-refractivity contribution in [3.05, 3.63) is 52.0 Å². The fourth-order valence-corrected chi connectivity index (χ4v) is 1.75. The first-order valence-corrected chi connectivity index (χ1v) is 6.35. The van der Waals surface area contributed by atoms with Crippen molar-refractivity contribution in [2.75, 3.05) is 5.32 Å². The number of rotatable bonds is 3. The zero-order chi connectivity index (χ0) is 13.1. The number of benzene rings is 1. The fraction of sp³-hybridized carbons (Fsp3) is 0.231. The maximum atomic E-state index is 13.5. The molecule has 0 aliphatic carbocycles. The minimum Gasteiger partial charge on any atom is -0.348 e. The lowest BCUT2D eigenvalue weighted by molar-refractivity contribution is 0.614. The van der Waals surface area contributed by atoms with Gasteiger partial charge < -0.3 is 5.32 Å². The summed E-state index contributed by atoms with van der Waals surface area (Å²) in [5, 5.41) is 3.12. The summed E-state index contributed by atoms with van der Waals surface area (Å²) in [6, 6.07) is 5.15. The molecule has 2 aromatic rings. The Bertz CT molecular complexity index is 542. The minimum atomic E-state index is -0.196. The van der Waals surface area contributed by atoms with E-state index in [4.69, 9.17) is 0 Å². The summed E-state index contributed by atoms with van der Waals surface area (Å²) < 4.78 is 14.3. The molecule has 0 fully saturated rings. The Morgan fingerprint density at radius 3 is 2.56 bits per heavy atom. The number of anilines is 1. The smallest absolute Gasteiger partial charge is 0.223 e. The number of hydrogen-bond donors (Lipinski definition) is 1. The molecule has 1 N–H and O–H groups in total. The zero-order valence-electron chi connectivity index (χ0n) is 10.1. The van der Waals surface area contributed by atoms with Gasteiger partial charge in [0.2, 0.25) is 5.95 Å². The summed E-state index contributed by atoms with van der Waals surface area (Å²) in [5.74, 6) is 0.324. The molecule has 0 saturated heterocycles. The molecule has 3 nitrogen and oxygen atoms in total. The number of halogens is 2. The van der Waals surface area contributed by atoms with Gasteiger partial charge in [-0.15, -0.1) is 0 Å². The van der Waals surface area contributed by atoms with Crippen LogP contribution in [0.2, 0.25) is 0 Å². The van der Waals surface area contributed by atoms with E-state index in [0.29, 0.717) is 11.5 Å². The van der Waals surface area contributed by atoms with Gasteiger partial charge >= 0.3 is 0 Å². The van der Waals surface area contributed by atoms with Gasteiger partial charge in [-0.2, -0.15) is 0 Å². The van der Waals surface area contributed by atoms with E-state index in [1.807, 2.05) is 13.0 Å². The topological polar surface area (TPSA) is 37.8 Å². The first kappa shape index (κ1) is 13.0. The fourth-order valence-electron chi connectivity index (χ4n) is 1.54. The highest BCUT2D eigenvalue weighted by molar-refractivity contribution is 9.10. The lowest BCUT2D eigenvalue weighted by atomic mass is 10.1. The molecule has 18 heavy (non-hydrogen) atoms. The number of nitrogens with one attached hydrogen (secondary N) is 1. The molecule has 1 aromatic heterocycles. The Morgan fingerprint density at radius 1 is 1.28 bits per heavy atom. The Morgan fingerprint density at radius 2 is 1.94 bits per heavy atom. The van der Waals surface area contributed by atoms with Crippen LogP contribution in [0.4, 0.5) is 10.3 Å². The summed E-state index contributed by atoms with van der Waals surface area (Å²) in [6.07, 6.45) is 3.33. The maximum Gasteiger partial charge on any atom is 0.223 e. The second-order valence-corrected chi connectivity index (χ2v) is 5.02. The van der Waals surface area contributed by atoms with Gasteiger partial charge in [-0.25, -0.2) is 14.4 Å². The van der Waals surface area contributed by atoms with E-state index < -0.39 is 0 Å². The Balaban J connectivity index is 2.13. The van der Waals surface area contributed by atoms with Crippen molar-refractivity contribution in [1.29, 1.82) is 0 Å². The number of nitrogens with zero attached hydrogens (tertiary/aromatic N) is 2. The van der Waals surface area contributed by atoms with Crippen LogP contribution in [0.25, 0.3) is 0 Å². The largest absolute Gasteiger partial charge is 0.348 e. The standard InChI is InChI=1S/C13H13BrFN3/c1-8-3-4-10(5-12(8)15)9(2)18-13-16-6-11(14)7-17-13/h3-7,9H,1-2H3,(H,16,17,18). The maximum absolute atomic E-state index is 13.5. The molecule has 0 bridgehead atoms. The summed E-state index contributed by atoms with van der Waals surface area (Å²) in [7, 11) is 0. The molecule has 0 amide bonds. The predicted octanol–water partition coefficient (Wildman–Crippen LogP) is 3.86. The van der Waals surface area contributed by atoms with E-state index in [-0.39, 0.29) is 11.9 Å². The lowest BCUT2D eigenvalue weighted by Gasteiger charge is -2.14. The van der Waals surface area contributed by atoms with Gasteiger partial charge in [-0.3, -0.25) is 0 Å². The SMILES string of the molecule is Cc1ccc(C(C)Nc2ncc(Br)cn2)cc1F. The molecule has 1 aromatic carbocycles. The van der Waals surface area contributed by atoms with Gasteiger partial charge in [0.05, 0.1) is 10.5 Å². The monoisotopic (exact) mass is 309 g/mol. The highest BCUT2D eigenvalue weighted by atomic mass is 79.9. The number of aromatic nitrogens is 2. The molecule has 1 unspecified atom stereocenters. The molecule has 5 heteroatoms. The third kappa shape index (κ3) is 3.04. The zero-order valence-corrected chi connectivity index (χ0v) is 11.7. The van der Waals surface area contributed by atoms with E-state index in [1.165, 1.54) is 6.07 Å². The van der Waals surface area contributed by atoms with Crippen molar-refractivity contribution >= 4 is 21.9 Å². The molecule has 0 aliphatic rings. The summed E-state index contributed by atoms with van der Waals surface area (Å²) >= 11 is 3.27. The van der Waals surface area contributed by atoms with E-state index >= 15 is 0 Å². The first-order valence-electron chi connectivity index (χ1n) is 5.56. The van der Waals surface area contributed by atoms with E-state index in [1.54, 1.807) is 25.4 Å². The van der Waals surface area contributed by atoms with Crippen LogP contribution in [-0.4, -0.2) is 9.97 Å². The van der Waals surface area contributed by atoms with Gasteiger partial charge in [0.1, 0.15) is 5.82 Å². The predicted molar refractivity (Wildman–Crippen MR) is 72.9 cm³/mol. The van der Waals surface area contributed by atoms with Crippen LogP contribution in [0.5, 0.6) is 0 Å². The number of hydrogen-bond acceptors (Lipinski definition) is 3. The summed E-state index contributed by atoms with van der Waals surface area (Å²) in [5.41, 5.74) is 1.51. The van der Waals surface area contributed by atoms with Crippen LogP contribution in [0.15, 0.2) is 35.1 Å². The van der Waals surface area contributed by atoms with Crippen molar-refractivity contribution < 1.29 is 4.39 Å². The first-order chi connectivity index (χ1) is 8.56. The van der Waals surface area contributed by atoms with Gasteiger partial charge in [-0.1, -0.05) is 12.1 Å². The lowest BCUT2D eigenvalue weighted by Crippen LogP contribution is -2.09. The number of aryl methyl sites for hydroxylation is 1. The molecular weight excluding hydrogens is 297 g/mol. The average Bonchev–Trinajstić information content (AvgIpc) is 2.35. The van der Waals surface area contributed by atoms with E-state index in [9.17, 15) is 4.39 Å². The molecule has 1 atom stereocenters. The van der Waals surface area contributed by atoms with Crippen LogP contribution in [0, 0.1) is 12.7 Å². The second-order valence-electron chi connectivity index (χ2n) is 4.10. The summed E-state index contributed by atoms with van der Waals surface area (Å²) in [4.78, 5) is 8.24.